The van der Waals surface area contributed by atoms with Gasteiger partial charge in [-0.15, -0.1) is 0 Å². The Morgan fingerprint density at radius 1 is 0.804 bits per heavy atom. The largest absolute Gasteiger partial charge is 0.473 e. The first-order valence-corrected chi connectivity index (χ1v) is 18.7. The molecular weight excluding hydrogens is 650 g/mol. The molecule has 5 amide bonds. The molecule has 5 aliphatic rings. The van der Waals surface area contributed by atoms with Crippen LogP contribution in [0.5, 0.6) is 5.75 Å². The zero-order valence-electron chi connectivity index (χ0n) is 29.2. The molecule has 51 heavy (non-hydrogen) atoms. The van der Waals surface area contributed by atoms with Gasteiger partial charge in [-0.2, -0.15) is 0 Å². The second-order valence-corrected chi connectivity index (χ2v) is 14.8. The van der Waals surface area contributed by atoms with Gasteiger partial charge in [-0.25, -0.2) is 4.98 Å². The fourth-order valence-electron chi connectivity index (χ4n) is 8.34. The third-order valence-electron chi connectivity index (χ3n) is 11.5. The fourth-order valence-corrected chi connectivity index (χ4v) is 8.34. The summed E-state index contributed by atoms with van der Waals surface area (Å²) in [6.45, 7) is 6.23. The molecule has 0 bridgehead atoms. The predicted molar refractivity (Wildman–Crippen MR) is 190 cm³/mol. The lowest BCUT2D eigenvalue weighted by atomic mass is 9.81. The molecule has 1 aromatic carbocycles. The Morgan fingerprint density at radius 3 is 2.31 bits per heavy atom. The summed E-state index contributed by atoms with van der Waals surface area (Å²) in [7, 11) is 0. The Kier molecular flexibility index (Phi) is 10.8. The van der Waals surface area contributed by atoms with E-state index in [9.17, 15) is 24.0 Å². The van der Waals surface area contributed by atoms with Crippen molar-refractivity contribution in [1.82, 2.24) is 25.4 Å². The smallest absolute Gasteiger partial charge is 0.234 e. The number of aromatic nitrogens is 1. The van der Waals surface area contributed by atoms with Gasteiger partial charge in [0.25, 0.3) is 0 Å². The van der Waals surface area contributed by atoms with Gasteiger partial charge in [0.15, 0.2) is 6.73 Å². The topological polar surface area (TPSA) is 153 Å². The van der Waals surface area contributed by atoms with Crippen molar-refractivity contribution in [1.29, 1.82) is 0 Å². The van der Waals surface area contributed by atoms with Crippen LogP contribution < -0.4 is 25.6 Å². The molecule has 0 spiro atoms. The molecule has 13 heteroatoms. The van der Waals surface area contributed by atoms with Gasteiger partial charge in [0.05, 0.1) is 5.92 Å². The molecule has 4 aliphatic heterocycles. The number of imide groups is 1. The van der Waals surface area contributed by atoms with Gasteiger partial charge in [0, 0.05) is 82.4 Å². The lowest BCUT2D eigenvalue weighted by Crippen LogP contribution is -2.52. The first kappa shape index (κ1) is 34.9. The number of benzene rings is 1. The van der Waals surface area contributed by atoms with E-state index >= 15 is 0 Å². The summed E-state index contributed by atoms with van der Waals surface area (Å²) in [6, 6.07) is 9.43. The van der Waals surface area contributed by atoms with Gasteiger partial charge >= 0.3 is 0 Å². The van der Waals surface area contributed by atoms with E-state index in [1.807, 2.05) is 29.2 Å². The molecule has 3 N–H and O–H groups in total. The zero-order chi connectivity index (χ0) is 35.3. The van der Waals surface area contributed by atoms with E-state index in [0.717, 1.165) is 94.1 Å². The van der Waals surface area contributed by atoms with Crippen LogP contribution in [-0.2, 0) is 30.4 Å². The molecule has 1 unspecified atom stereocenters. The van der Waals surface area contributed by atoms with E-state index in [-0.39, 0.29) is 54.0 Å². The van der Waals surface area contributed by atoms with Gasteiger partial charge < -0.3 is 25.2 Å². The Balaban J connectivity index is 0.783. The Bertz CT molecular complexity index is 1630. The lowest BCUT2D eigenvalue weighted by Gasteiger charge is -2.40. The minimum absolute atomic E-state index is 0.0146. The van der Waals surface area contributed by atoms with Crippen molar-refractivity contribution >= 4 is 41.0 Å². The number of anilines is 2. The number of nitrogens with zero attached hydrogens (tertiary/aromatic N) is 4. The highest BCUT2D eigenvalue weighted by Crippen LogP contribution is 2.32. The fraction of sp³-hybridized carbons (Fsp3) is 0.579. The average molecular weight is 700 g/mol. The number of carbonyl (C=O) groups excluding carboxylic acids is 5. The molecule has 5 heterocycles. The van der Waals surface area contributed by atoms with Gasteiger partial charge in [0.1, 0.15) is 11.6 Å². The van der Waals surface area contributed by atoms with Crippen LogP contribution in [0.3, 0.4) is 0 Å². The van der Waals surface area contributed by atoms with Gasteiger partial charge in [0.2, 0.25) is 29.5 Å². The molecular formula is C38H49N7O6. The minimum Gasteiger partial charge on any atom is -0.473 e. The van der Waals surface area contributed by atoms with E-state index in [2.05, 4.69) is 30.7 Å². The predicted octanol–water partition coefficient (Wildman–Crippen LogP) is 2.81. The van der Waals surface area contributed by atoms with Crippen LogP contribution in [0.2, 0.25) is 0 Å². The summed E-state index contributed by atoms with van der Waals surface area (Å²) in [5.41, 5.74) is 2.77. The number of hydrogen-bond donors (Lipinski definition) is 3. The highest BCUT2D eigenvalue weighted by Gasteiger charge is 2.34. The van der Waals surface area contributed by atoms with E-state index in [0.29, 0.717) is 50.2 Å². The number of pyridine rings is 1. The van der Waals surface area contributed by atoms with E-state index < -0.39 is 0 Å². The van der Waals surface area contributed by atoms with Gasteiger partial charge in [-0.3, -0.25) is 34.2 Å². The van der Waals surface area contributed by atoms with Crippen LogP contribution in [0.15, 0.2) is 36.5 Å². The van der Waals surface area contributed by atoms with E-state index in [1.54, 1.807) is 12.3 Å². The number of rotatable bonds is 9. The van der Waals surface area contributed by atoms with Crippen molar-refractivity contribution < 1.29 is 28.7 Å². The maximum atomic E-state index is 13.4. The van der Waals surface area contributed by atoms with Crippen molar-refractivity contribution in [2.24, 2.45) is 17.8 Å². The number of piperidine rings is 2. The maximum Gasteiger partial charge on any atom is 0.234 e. The summed E-state index contributed by atoms with van der Waals surface area (Å²) >= 11 is 0. The van der Waals surface area contributed by atoms with Gasteiger partial charge in [-0.05, 0) is 98.7 Å². The van der Waals surface area contributed by atoms with Gasteiger partial charge in [-0.1, -0.05) is 0 Å². The number of aryl methyl sites for hydroxylation is 1. The molecule has 1 saturated carbocycles. The second-order valence-electron chi connectivity index (χ2n) is 14.8. The number of amides is 5. The first-order valence-electron chi connectivity index (χ1n) is 18.7. The van der Waals surface area contributed by atoms with Crippen molar-refractivity contribution in [3.05, 3.63) is 47.7 Å². The molecule has 1 aliphatic carbocycles. The van der Waals surface area contributed by atoms with Crippen LogP contribution >= 0.6 is 0 Å². The Labute approximate surface area is 298 Å². The number of carbonyl (C=O) groups is 5. The standard InChI is InChI=1S/C38H49N7O6/c46-34-9-5-29-21-30(6-8-32(29)41-34)51-24-40-36(48)26-1-3-27(4-2-26)38(50)45-19-17-43(18-20-45)23-25-12-15-44(16-13-25)33-22-28(11-14-39-33)31-7-10-35(47)42-37(31)49/h6,8,11,14,21-22,25-27,31H,1-5,7,9-10,12-13,15-20,23-24H2,(H,40,48)(H,41,46)(H,42,47,49). The number of ether oxygens (including phenoxy) is 1. The summed E-state index contributed by atoms with van der Waals surface area (Å²) in [6.07, 6.45) is 8.82. The molecule has 0 radical (unpaired) electrons. The number of hydrogen-bond acceptors (Lipinski definition) is 9. The molecule has 3 saturated heterocycles. The zero-order valence-corrected chi connectivity index (χ0v) is 29.2. The molecule has 7 rings (SSSR count). The highest BCUT2D eigenvalue weighted by atomic mass is 16.5. The first-order chi connectivity index (χ1) is 24.8. The van der Waals surface area contributed by atoms with Crippen LogP contribution in [0.4, 0.5) is 11.5 Å². The monoisotopic (exact) mass is 699 g/mol. The summed E-state index contributed by atoms with van der Waals surface area (Å²) in [4.78, 5) is 73.2. The summed E-state index contributed by atoms with van der Waals surface area (Å²) < 4.78 is 5.77. The summed E-state index contributed by atoms with van der Waals surface area (Å²) in [5.74, 6) is 1.54. The minimum atomic E-state index is -0.305. The third kappa shape index (κ3) is 8.52. The molecule has 4 fully saturated rings. The SMILES string of the molecule is O=C1CCC(c2ccnc(N3CCC(CN4CCN(C(=O)C5CCC(C(=O)NCOc6ccc7c(c6)CCC(=O)N7)CC5)CC4)CC3)c2)C(=O)N1. The van der Waals surface area contributed by atoms with Crippen LogP contribution in [0.1, 0.15) is 74.8 Å². The molecule has 13 nitrogen and oxygen atoms in total. The van der Waals surface area contributed by atoms with Crippen LogP contribution in [0.25, 0.3) is 0 Å². The molecule has 1 aromatic heterocycles. The van der Waals surface area contributed by atoms with Crippen molar-refractivity contribution in [3.8, 4) is 5.75 Å². The average Bonchev–Trinajstić information content (AvgIpc) is 3.15. The lowest BCUT2D eigenvalue weighted by molar-refractivity contribution is -0.140. The number of fused-ring (bicyclic) bond motifs is 1. The van der Waals surface area contributed by atoms with E-state index in [1.165, 1.54) is 0 Å². The normalized spacial score (nSPS) is 24.7. The Morgan fingerprint density at radius 2 is 1.55 bits per heavy atom. The Hall–Kier alpha value is -4.52. The summed E-state index contributed by atoms with van der Waals surface area (Å²) in [5, 5.41) is 8.22. The van der Waals surface area contributed by atoms with Crippen molar-refractivity contribution in [2.45, 2.75) is 70.1 Å². The maximum absolute atomic E-state index is 13.4. The van der Waals surface area contributed by atoms with Crippen LogP contribution in [-0.4, -0.2) is 96.9 Å². The van der Waals surface area contributed by atoms with E-state index in [4.69, 9.17) is 4.74 Å². The highest BCUT2D eigenvalue weighted by molar-refractivity contribution is 6.01. The molecule has 2 aromatic rings. The molecule has 1 atom stereocenters. The van der Waals surface area contributed by atoms with Crippen molar-refractivity contribution in [3.63, 3.8) is 0 Å². The quantitative estimate of drug-likeness (QED) is 0.265. The number of nitrogens with one attached hydrogen (secondary N) is 3. The molecule has 272 valence electrons. The second kappa shape index (κ2) is 15.8. The third-order valence-corrected chi connectivity index (χ3v) is 11.5. The van der Waals surface area contributed by atoms with Crippen LogP contribution in [0, 0.1) is 17.8 Å². The number of piperazine rings is 1. The van der Waals surface area contributed by atoms with Crippen molar-refractivity contribution in [2.75, 3.05) is 62.8 Å².